The summed E-state index contributed by atoms with van der Waals surface area (Å²) in [5.74, 6) is 0.377. The zero-order valence-corrected chi connectivity index (χ0v) is 15.3. The number of rotatable bonds is 3. The molecule has 1 aliphatic heterocycles. The lowest BCUT2D eigenvalue weighted by Gasteiger charge is -2.33. The first-order valence-corrected chi connectivity index (χ1v) is 9.36. The number of halogens is 1. The Bertz CT molecular complexity index is 576. The van der Waals surface area contributed by atoms with E-state index in [9.17, 15) is 9.59 Å². The molecule has 6 heteroatoms. The van der Waals surface area contributed by atoms with Crippen LogP contribution in [-0.2, 0) is 14.3 Å². The van der Waals surface area contributed by atoms with Crippen molar-refractivity contribution in [2.75, 3.05) is 31.6 Å². The summed E-state index contributed by atoms with van der Waals surface area (Å²) in [4.78, 5) is 26.8. The van der Waals surface area contributed by atoms with Gasteiger partial charge in [-0.25, -0.2) is 0 Å². The fraction of sp³-hybridized carbons (Fsp3) is 0.556. The van der Waals surface area contributed by atoms with E-state index in [-0.39, 0.29) is 23.7 Å². The summed E-state index contributed by atoms with van der Waals surface area (Å²) in [6.07, 6.45) is 3.16. The van der Waals surface area contributed by atoms with Crippen LogP contribution in [0, 0.1) is 11.8 Å². The molecule has 2 aliphatic rings. The van der Waals surface area contributed by atoms with E-state index in [1.165, 1.54) is 0 Å². The van der Waals surface area contributed by atoms with Crippen molar-refractivity contribution in [2.45, 2.75) is 25.7 Å². The molecule has 1 heterocycles. The molecule has 0 radical (unpaired) electrons. The standard InChI is InChI=1S/C18H23BrN2O3/c19-15-5-7-16(8-6-15)20-17(22)13-1-3-14(4-2-13)18(23)21-9-11-24-12-10-21/h5-8,13-14H,1-4,9-12H2,(H,20,22). The van der Waals surface area contributed by atoms with Crippen LogP contribution in [0.3, 0.4) is 0 Å². The monoisotopic (exact) mass is 394 g/mol. The Morgan fingerprint density at radius 1 is 1.00 bits per heavy atom. The number of hydrogen-bond donors (Lipinski definition) is 1. The Kier molecular flexibility index (Phi) is 5.89. The van der Waals surface area contributed by atoms with Crippen LogP contribution in [0.15, 0.2) is 28.7 Å². The highest BCUT2D eigenvalue weighted by Gasteiger charge is 2.32. The van der Waals surface area contributed by atoms with Crippen molar-refractivity contribution in [1.29, 1.82) is 0 Å². The molecule has 1 N–H and O–H groups in total. The maximum Gasteiger partial charge on any atom is 0.227 e. The molecule has 1 saturated carbocycles. The molecule has 0 atom stereocenters. The summed E-state index contributed by atoms with van der Waals surface area (Å²) in [6, 6.07) is 7.59. The third-order valence-corrected chi connectivity index (χ3v) is 5.41. The third-order valence-electron chi connectivity index (χ3n) is 4.88. The highest BCUT2D eigenvalue weighted by molar-refractivity contribution is 9.10. The van der Waals surface area contributed by atoms with Crippen molar-refractivity contribution in [2.24, 2.45) is 11.8 Å². The molecule has 2 amide bonds. The van der Waals surface area contributed by atoms with Gasteiger partial charge < -0.3 is 15.0 Å². The maximum absolute atomic E-state index is 12.5. The fourth-order valence-electron chi connectivity index (χ4n) is 3.42. The summed E-state index contributed by atoms with van der Waals surface area (Å²) in [5.41, 5.74) is 0.815. The first-order valence-electron chi connectivity index (χ1n) is 8.56. The van der Waals surface area contributed by atoms with Crippen LogP contribution in [0.5, 0.6) is 0 Å². The Labute approximate surface area is 150 Å². The predicted molar refractivity (Wildman–Crippen MR) is 95.6 cm³/mol. The van der Waals surface area contributed by atoms with Crippen LogP contribution >= 0.6 is 15.9 Å². The average molecular weight is 395 g/mol. The average Bonchev–Trinajstić information content (AvgIpc) is 2.64. The van der Waals surface area contributed by atoms with Crippen LogP contribution in [-0.4, -0.2) is 43.0 Å². The number of carbonyl (C=O) groups excluding carboxylic acids is 2. The van der Waals surface area contributed by atoms with E-state index in [2.05, 4.69) is 21.2 Å². The summed E-state index contributed by atoms with van der Waals surface area (Å²) in [5, 5.41) is 2.97. The van der Waals surface area contributed by atoms with Gasteiger partial charge >= 0.3 is 0 Å². The Morgan fingerprint density at radius 2 is 1.58 bits per heavy atom. The minimum Gasteiger partial charge on any atom is -0.378 e. The zero-order valence-electron chi connectivity index (χ0n) is 13.7. The number of ether oxygens (including phenoxy) is 1. The normalized spacial score (nSPS) is 24.5. The van der Waals surface area contributed by atoms with Crippen molar-refractivity contribution >= 4 is 33.4 Å². The number of nitrogens with zero attached hydrogens (tertiary/aromatic N) is 1. The molecule has 0 spiro atoms. The summed E-state index contributed by atoms with van der Waals surface area (Å²) in [6.45, 7) is 2.67. The van der Waals surface area contributed by atoms with Gasteiger partial charge in [0.05, 0.1) is 13.2 Å². The lowest BCUT2D eigenvalue weighted by atomic mass is 9.81. The Hall–Kier alpha value is -1.40. The lowest BCUT2D eigenvalue weighted by Crippen LogP contribution is -2.44. The van der Waals surface area contributed by atoms with Gasteiger partial charge in [-0.3, -0.25) is 9.59 Å². The molecule has 5 nitrogen and oxygen atoms in total. The molecule has 130 valence electrons. The van der Waals surface area contributed by atoms with Gasteiger partial charge in [0.1, 0.15) is 0 Å². The molecule has 1 aromatic rings. The molecule has 1 aromatic carbocycles. The predicted octanol–water partition coefficient (Wildman–Crippen LogP) is 3.05. The van der Waals surface area contributed by atoms with Crippen molar-refractivity contribution in [1.82, 2.24) is 4.90 Å². The largest absolute Gasteiger partial charge is 0.378 e. The second kappa shape index (κ2) is 8.12. The van der Waals surface area contributed by atoms with Gasteiger partial charge in [-0.1, -0.05) is 15.9 Å². The Balaban J connectivity index is 1.48. The minimum atomic E-state index is 0.00221. The quantitative estimate of drug-likeness (QED) is 0.856. The number of morpholine rings is 1. The first-order chi connectivity index (χ1) is 11.6. The SMILES string of the molecule is O=C(Nc1ccc(Br)cc1)C1CCC(C(=O)N2CCOCC2)CC1. The molecule has 3 rings (SSSR count). The van der Waals surface area contributed by atoms with E-state index >= 15 is 0 Å². The molecular weight excluding hydrogens is 372 g/mol. The van der Waals surface area contributed by atoms with E-state index in [1.54, 1.807) is 0 Å². The van der Waals surface area contributed by atoms with Gasteiger partial charge in [-0.15, -0.1) is 0 Å². The topological polar surface area (TPSA) is 58.6 Å². The van der Waals surface area contributed by atoms with Crippen molar-refractivity contribution in [3.05, 3.63) is 28.7 Å². The molecule has 0 aromatic heterocycles. The van der Waals surface area contributed by atoms with E-state index in [1.807, 2.05) is 29.2 Å². The highest BCUT2D eigenvalue weighted by atomic mass is 79.9. The summed E-state index contributed by atoms with van der Waals surface area (Å²) >= 11 is 3.38. The number of nitrogens with one attached hydrogen (secondary N) is 1. The van der Waals surface area contributed by atoms with Crippen LogP contribution in [0.4, 0.5) is 5.69 Å². The Morgan fingerprint density at radius 3 is 2.21 bits per heavy atom. The van der Waals surface area contributed by atoms with E-state index < -0.39 is 0 Å². The minimum absolute atomic E-state index is 0.00221. The number of benzene rings is 1. The van der Waals surface area contributed by atoms with Crippen molar-refractivity contribution in [3.63, 3.8) is 0 Å². The van der Waals surface area contributed by atoms with Crippen LogP contribution < -0.4 is 5.32 Å². The number of anilines is 1. The van der Waals surface area contributed by atoms with Crippen LogP contribution in [0.2, 0.25) is 0 Å². The van der Waals surface area contributed by atoms with Gasteiger partial charge in [0.2, 0.25) is 11.8 Å². The smallest absolute Gasteiger partial charge is 0.227 e. The van der Waals surface area contributed by atoms with E-state index in [0.717, 1.165) is 35.8 Å². The molecule has 24 heavy (non-hydrogen) atoms. The molecule has 0 bridgehead atoms. The van der Waals surface area contributed by atoms with Gasteiger partial charge in [-0.05, 0) is 49.9 Å². The molecule has 0 unspecified atom stereocenters. The van der Waals surface area contributed by atoms with Crippen LogP contribution in [0.25, 0.3) is 0 Å². The summed E-state index contributed by atoms with van der Waals surface area (Å²) in [7, 11) is 0. The second-order valence-electron chi connectivity index (χ2n) is 6.48. The molecular formula is C18H23BrN2O3. The van der Waals surface area contributed by atoms with Crippen LogP contribution in [0.1, 0.15) is 25.7 Å². The maximum atomic E-state index is 12.5. The summed E-state index contributed by atoms with van der Waals surface area (Å²) < 4.78 is 6.29. The zero-order chi connectivity index (χ0) is 16.9. The van der Waals surface area contributed by atoms with E-state index in [4.69, 9.17) is 4.74 Å². The molecule has 1 saturated heterocycles. The second-order valence-corrected chi connectivity index (χ2v) is 7.40. The third kappa shape index (κ3) is 4.36. The lowest BCUT2D eigenvalue weighted by molar-refractivity contribution is -0.141. The number of amides is 2. The van der Waals surface area contributed by atoms with E-state index in [0.29, 0.717) is 26.3 Å². The van der Waals surface area contributed by atoms with Gasteiger partial charge in [0.25, 0.3) is 0 Å². The number of carbonyl (C=O) groups is 2. The fourth-order valence-corrected chi connectivity index (χ4v) is 3.69. The molecule has 2 fully saturated rings. The van der Waals surface area contributed by atoms with Crippen molar-refractivity contribution < 1.29 is 14.3 Å². The van der Waals surface area contributed by atoms with Gasteiger partial charge in [0, 0.05) is 35.1 Å². The number of hydrogen-bond acceptors (Lipinski definition) is 3. The molecule has 1 aliphatic carbocycles. The van der Waals surface area contributed by atoms with Gasteiger partial charge in [-0.2, -0.15) is 0 Å². The van der Waals surface area contributed by atoms with Crippen molar-refractivity contribution in [3.8, 4) is 0 Å². The highest BCUT2D eigenvalue weighted by Crippen LogP contribution is 2.31. The first kappa shape index (κ1) is 17.4. The van der Waals surface area contributed by atoms with Gasteiger partial charge in [0.15, 0.2) is 0 Å².